The van der Waals surface area contributed by atoms with E-state index in [2.05, 4.69) is 48.4 Å². The van der Waals surface area contributed by atoms with Crippen LogP contribution in [0.4, 0.5) is 0 Å². The van der Waals surface area contributed by atoms with Gasteiger partial charge in [0.05, 0.1) is 5.69 Å². The fraction of sp³-hybridized carbons (Fsp3) is 0.389. The molecule has 1 heterocycles. The second-order valence-electron chi connectivity index (χ2n) is 5.35. The maximum absolute atomic E-state index is 5.96. The Bertz CT molecular complexity index is 581. The monoisotopic (exact) mass is 284 g/mol. The molecule has 1 N–H and O–H groups in total. The van der Waals surface area contributed by atoms with E-state index in [1.165, 1.54) is 11.1 Å². The number of pyridine rings is 1. The molecule has 3 nitrogen and oxygen atoms in total. The van der Waals surface area contributed by atoms with Crippen LogP contribution in [0.5, 0.6) is 5.75 Å². The molecule has 3 heteroatoms. The summed E-state index contributed by atoms with van der Waals surface area (Å²) in [5, 5.41) is 3.38. The van der Waals surface area contributed by atoms with Gasteiger partial charge < -0.3 is 10.1 Å². The van der Waals surface area contributed by atoms with Gasteiger partial charge in [0.1, 0.15) is 12.4 Å². The summed E-state index contributed by atoms with van der Waals surface area (Å²) in [5.74, 6) is 0.866. The third-order valence-corrected chi connectivity index (χ3v) is 3.27. The first-order chi connectivity index (χ1) is 10.2. The van der Waals surface area contributed by atoms with Gasteiger partial charge in [-0.15, -0.1) is 0 Å². The van der Waals surface area contributed by atoms with Gasteiger partial charge in [0.2, 0.25) is 0 Å². The summed E-state index contributed by atoms with van der Waals surface area (Å²) in [7, 11) is 0. The van der Waals surface area contributed by atoms with Crippen LogP contribution < -0.4 is 10.1 Å². The van der Waals surface area contributed by atoms with E-state index in [4.69, 9.17) is 4.74 Å². The van der Waals surface area contributed by atoms with Crippen molar-refractivity contribution in [2.24, 2.45) is 0 Å². The number of ether oxygens (including phenoxy) is 1. The molecule has 0 aliphatic carbocycles. The first kappa shape index (κ1) is 15.5. The van der Waals surface area contributed by atoms with Crippen LogP contribution >= 0.6 is 0 Å². The molecule has 0 spiro atoms. The maximum atomic E-state index is 5.96. The molecule has 0 bridgehead atoms. The third-order valence-electron chi connectivity index (χ3n) is 3.27. The molecule has 0 fully saturated rings. The molecule has 0 unspecified atom stereocenters. The van der Waals surface area contributed by atoms with Crippen LogP contribution in [0.1, 0.15) is 35.9 Å². The Balaban J connectivity index is 2.04. The fourth-order valence-electron chi connectivity index (χ4n) is 2.20. The Morgan fingerprint density at radius 2 is 2.00 bits per heavy atom. The highest BCUT2D eigenvalue weighted by molar-refractivity contribution is 5.30. The van der Waals surface area contributed by atoms with Crippen molar-refractivity contribution in [1.29, 1.82) is 0 Å². The number of rotatable bonds is 7. The molecule has 1 aromatic heterocycles. The highest BCUT2D eigenvalue weighted by atomic mass is 16.5. The lowest BCUT2D eigenvalue weighted by molar-refractivity contribution is 0.300. The predicted molar refractivity (Wildman–Crippen MR) is 86.5 cm³/mol. The lowest BCUT2D eigenvalue weighted by Crippen LogP contribution is -2.16. The first-order valence-corrected chi connectivity index (χ1v) is 7.54. The molecule has 112 valence electrons. The molecular formula is C18H24N2O. The van der Waals surface area contributed by atoms with Gasteiger partial charge in [0.15, 0.2) is 0 Å². The zero-order valence-corrected chi connectivity index (χ0v) is 13.1. The minimum absolute atomic E-state index is 0.577. The smallest absolute Gasteiger partial charge is 0.142 e. The molecule has 1 aromatic carbocycles. The van der Waals surface area contributed by atoms with Gasteiger partial charge >= 0.3 is 0 Å². The summed E-state index contributed by atoms with van der Waals surface area (Å²) in [6, 6.07) is 12.4. The maximum Gasteiger partial charge on any atom is 0.142 e. The zero-order chi connectivity index (χ0) is 15.1. The fourth-order valence-corrected chi connectivity index (χ4v) is 2.20. The van der Waals surface area contributed by atoms with Gasteiger partial charge in [-0.1, -0.05) is 36.8 Å². The van der Waals surface area contributed by atoms with Crippen molar-refractivity contribution in [2.45, 2.75) is 40.3 Å². The Morgan fingerprint density at radius 3 is 2.76 bits per heavy atom. The third kappa shape index (κ3) is 4.87. The normalized spacial score (nSPS) is 10.6. The Morgan fingerprint density at radius 1 is 1.14 bits per heavy atom. The van der Waals surface area contributed by atoms with E-state index in [9.17, 15) is 0 Å². The van der Waals surface area contributed by atoms with Crippen molar-refractivity contribution < 1.29 is 4.74 Å². The van der Waals surface area contributed by atoms with Crippen LogP contribution in [0.2, 0.25) is 0 Å². The van der Waals surface area contributed by atoms with Gasteiger partial charge in [0, 0.05) is 12.2 Å². The van der Waals surface area contributed by atoms with E-state index < -0.39 is 0 Å². The summed E-state index contributed by atoms with van der Waals surface area (Å²) < 4.78 is 5.96. The van der Waals surface area contributed by atoms with Crippen molar-refractivity contribution >= 4 is 0 Å². The minimum Gasteiger partial charge on any atom is -0.487 e. The number of aromatic nitrogens is 1. The zero-order valence-electron chi connectivity index (χ0n) is 13.1. The Hall–Kier alpha value is -1.87. The number of hydrogen-bond acceptors (Lipinski definition) is 3. The van der Waals surface area contributed by atoms with Crippen molar-refractivity contribution in [1.82, 2.24) is 10.3 Å². The van der Waals surface area contributed by atoms with Crippen LogP contribution in [-0.2, 0) is 13.2 Å². The summed E-state index contributed by atoms with van der Waals surface area (Å²) in [6.45, 7) is 8.58. The molecule has 2 rings (SSSR count). The molecule has 2 aromatic rings. The lowest BCUT2D eigenvalue weighted by Gasteiger charge is -2.12. The number of nitrogens with zero attached hydrogens (tertiary/aromatic N) is 1. The average molecular weight is 284 g/mol. The summed E-state index contributed by atoms with van der Waals surface area (Å²) >= 11 is 0. The molecule has 0 aliphatic heterocycles. The SMILES string of the molecule is CCCNCc1nc(C)ccc1OCc1cccc(C)c1. The van der Waals surface area contributed by atoms with Crippen molar-refractivity contribution in [3.05, 3.63) is 58.9 Å². The molecule has 0 saturated carbocycles. The highest BCUT2D eigenvalue weighted by Crippen LogP contribution is 2.18. The van der Waals surface area contributed by atoms with E-state index >= 15 is 0 Å². The topological polar surface area (TPSA) is 34.2 Å². The summed E-state index contributed by atoms with van der Waals surface area (Å²) in [5.41, 5.74) is 4.44. The molecule has 21 heavy (non-hydrogen) atoms. The number of nitrogens with one attached hydrogen (secondary N) is 1. The molecule has 0 amide bonds. The van der Waals surface area contributed by atoms with E-state index in [0.717, 1.165) is 36.6 Å². The molecule has 0 radical (unpaired) electrons. The van der Waals surface area contributed by atoms with Crippen molar-refractivity contribution in [2.75, 3.05) is 6.54 Å². The van der Waals surface area contributed by atoms with E-state index in [1.807, 2.05) is 19.1 Å². The number of benzene rings is 1. The van der Waals surface area contributed by atoms with Crippen LogP contribution in [0.3, 0.4) is 0 Å². The second kappa shape index (κ2) is 7.79. The Labute approximate surface area is 127 Å². The van der Waals surface area contributed by atoms with Crippen molar-refractivity contribution in [3.63, 3.8) is 0 Å². The van der Waals surface area contributed by atoms with Gasteiger partial charge in [0.25, 0.3) is 0 Å². The quantitative estimate of drug-likeness (QED) is 0.786. The van der Waals surface area contributed by atoms with E-state index in [0.29, 0.717) is 6.61 Å². The number of aryl methyl sites for hydroxylation is 2. The molecule has 0 aliphatic rings. The van der Waals surface area contributed by atoms with Gasteiger partial charge in [-0.2, -0.15) is 0 Å². The summed E-state index contributed by atoms with van der Waals surface area (Å²) in [4.78, 5) is 4.59. The Kier molecular flexibility index (Phi) is 5.76. The standard InChI is InChI=1S/C18H24N2O/c1-4-10-19-12-17-18(9-8-15(3)20-17)21-13-16-7-5-6-14(2)11-16/h5-9,11,19H,4,10,12-13H2,1-3H3. The van der Waals surface area contributed by atoms with E-state index in [-0.39, 0.29) is 0 Å². The molecule has 0 atom stereocenters. The average Bonchev–Trinajstić information content (AvgIpc) is 2.47. The lowest BCUT2D eigenvalue weighted by atomic mass is 10.1. The van der Waals surface area contributed by atoms with Crippen molar-refractivity contribution in [3.8, 4) is 5.75 Å². The van der Waals surface area contributed by atoms with Gasteiger partial charge in [-0.25, -0.2) is 0 Å². The van der Waals surface area contributed by atoms with Crippen LogP contribution in [0, 0.1) is 13.8 Å². The largest absolute Gasteiger partial charge is 0.487 e. The predicted octanol–water partition coefficient (Wildman–Crippen LogP) is 3.78. The van der Waals surface area contributed by atoms with Gasteiger partial charge in [-0.05, 0) is 44.5 Å². The minimum atomic E-state index is 0.577. The second-order valence-corrected chi connectivity index (χ2v) is 5.35. The molecule has 0 saturated heterocycles. The van der Waals surface area contributed by atoms with Crippen LogP contribution in [0.25, 0.3) is 0 Å². The molecular weight excluding hydrogens is 260 g/mol. The highest BCUT2D eigenvalue weighted by Gasteiger charge is 2.06. The summed E-state index contributed by atoms with van der Waals surface area (Å²) in [6.07, 6.45) is 1.12. The number of hydrogen-bond donors (Lipinski definition) is 1. The van der Waals surface area contributed by atoms with Crippen LogP contribution in [0.15, 0.2) is 36.4 Å². The van der Waals surface area contributed by atoms with E-state index in [1.54, 1.807) is 0 Å². The van der Waals surface area contributed by atoms with Crippen LogP contribution in [-0.4, -0.2) is 11.5 Å². The first-order valence-electron chi connectivity index (χ1n) is 7.54. The van der Waals surface area contributed by atoms with Gasteiger partial charge in [-0.3, -0.25) is 4.98 Å².